The highest BCUT2D eigenvalue weighted by Gasteiger charge is 1.94. The van der Waals surface area contributed by atoms with Crippen molar-refractivity contribution >= 4 is 0 Å². The van der Waals surface area contributed by atoms with E-state index in [4.69, 9.17) is 28.4 Å². The first kappa shape index (κ1) is 25.8. The molecule has 0 aliphatic rings. The number of unbranched alkanes of at least 4 members (excludes halogenated alkanes) is 4. The fraction of sp³-hybridized carbons (Fsp3) is 1.00. The summed E-state index contributed by atoms with van der Waals surface area (Å²) in [5, 5.41) is 0. The zero-order chi connectivity index (χ0) is 19.0. The minimum Gasteiger partial charge on any atom is -0.379 e. The van der Waals surface area contributed by atoms with E-state index in [1.165, 1.54) is 25.7 Å². The van der Waals surface area contributed by atoms with Gasteiger partial charge >= 0.3 is 0 Å². The number of hydrogen-bond acceptors (Lipinski definition) is 6. The fourth-order valence-electron chi connectivity index (χ4n) is 2.15. The van der Waals surface area contributed by atoms with E-state index >= 15 is 0 Å². The van der Waals surface area contributed by atoms with Crippen LogP contribution < -0.4 is 0 Å². The summed E-state index contributed by atoms with van der Waals surface area (Å²) < 4.78 is 32.5. The Kier molecular flexibility index (Phi) is 24.5. The van der Waals surface area contributed by atoms with Gasteiger partial charge in [-0.1, -0.05) is 39.5 Å². The molecule has 0 rings (SSSR count). The summed E-state index contributed by atoms with van der Waals surface area (Å²) in [5.74, 6) is 0. The molecule has 0 spiro atoms. The van der Waals surface area contributed by atoms with Crippen LogP contribution in [-0.4, -0.2) is 79.3 Å². The molecule has 6 heteroatoms. The molecule has 0 aliphatic carbocycles. The third kappa shape index (κ3) is 23.8. The Morgan fingerprint density at radius 3 is 1.04 bits per heavy atom. The first-order chi connectivity index (χ1) is 12.9. The Labute approximate surface area is 160 Å². The molecule has 0 aromatic heterocycles. The molecule has 0 bridgehead atoms. The van der Waals surface area contributed by atoms with Crippen LogP contribution in [0.2, 0.25) is 0 Å². The standard InChI is InChI=1S/C20H42O6/c1-3-5-6-7-8-10-22-12-14-24-16-18-26-20-19-25-17-15-23-13-11-21-9-4-2/h3-20H2,1-2H3. The van der Waals surface area contributed by atoms with Crippen LogP contribution in [0.4, 0.5) is 0 Å². The second-order valence-electron chi connectivity index (χ2n) is 6.09. The molecule has 0 aromatic carbocycles. The Hall–Kier alpha value is -0.240. The van der Waals surface area contributed by atoms with Crippen LogP contribution in [-0.2, 0) is 28.4 Å². The molecule has 0 aliphatic heterocycles. The summed E-state index contributed by atoms with van der Waals surface area (Å²) in [4.78, 5) is 0. The Morgan fingerprint density at radius 1 is 0.308 bits per heavy atom. The first-order valence-corrected chi connectivity index (χ1v) is 10.4. The quantitative estimate of drug-likeness (QED) is 0.254. The summed E-state index contributed by atoms with van der Waals surface area (Å²) >= 11 is 0. The fourth-order valence-corrected chi connectivity index (χ4v) is 2.15. The lowest BCUT2D eigenvalue weighted by atomic mass is 10.2. The average Bonchev–Trinajstić information content (AvgIpc) is 2.66. The van der Waals surface area contributed by atoms with Gasteiger partial charge < -0.3 is 28.4 Å². The van der Waals surface area contributed by atoms with Crippen molar-refractivity contribution in [3.05, 3.63) is 0 Å². The van der Waals surface area contributed by atoms with Crippen LogP contribution in [0.25, 0.3) is 0 Å². The predicted molar refractivity (Wildman–Crippen MR) is 104 cm³/mol. The van der Waals surface area contributed by atoms with Gasteiger partial charge in [0.05, 0.1) is 66.1 Å². The monoisotopic (exact) mass is 378 g/mol. The van der Waals surface area contributed by atoms with E-state index in [9.17, 15) is 0 Å². The second-order valence-corrected chi connectivity index (χ2v) is 6.09. The summed E-state index contributed by atoms with van der Waals surface area (Å²) in [6.45, 7) is 12.1. The van der Waals surface area contributed by atoms with Crippen molar-refractivity contribution in [2.75, 3.05) is 79.3 Å². The summed E-state index contributed by atoms with van der Waals surface area (Å²) in [6, 6.07) is 0. The molecule has 6 nitrogen and oxygen atoms in total. The van der Waals surface area contributed by atoms with Crippen LogP contribution in [0.15, 0.2) is 0 Å². The van der Waals surface area contributed by atoms with Gasteiger partial charge in [0, 0.05) is 13.2 Å². The van der Waals surface area contributed by atoms with Gasteiger partial charge in [-0.15, -0.1) is 0 Å². The molecule has 0 radical (unpaired) electrons. The molecule has 0 N–H and O–H groups in total. The molecule has 26 heavy (non-hydrogen) atoms. The normalized spacial score (nSPS) is 11.3. The van der Waals surface area contributed by atoms with E-state index in [0.717, 1.165) is 26.1 Å². The first-order valence-electron chi connectivity index (χ1n) is 10.4. The van der Waals surface area contributed by atoms with Gasteiger partial charge in [-0.25, -0.2) is 0 Å². The molecule has 0 unspecified atom stereocenters. The predicted octanol–water partition coefficient (Wildman–Crippen LogP) is 3.47. The zero-order valence-electron chi connectivity index (χ0n) is 17.2. The maximum Gasteiger partial charge on any atom is 0.0701 e. The van der Waals surface area contributed by atoms with E-state index in [-0.39, 0.29) is 0 Å². The lowest BCUT2D eigenvalue weighted by molar-refractivity contribution is -0.0168. The molecule has 0 heterocycles. The number of ether oxygens (including phenoxy) is 6. The van der Waals surface area contributed by atoms with Gasteiger partial charge in [0.25, 0.3) is 0 Å². The van der Waals surface area contributed by atoms with Crippen molar-refractivity contribution in [1.29, 1.82) is 0 Å². The molecule has 0 saturated heterocycles. The van der Waals surface area contributed by atoms with Crippen LogP contribution >= 0.6 is 0 Å². The SMILES string of the molecule is CCCCCCCOCCOCCOCCOCCOCCOCCC. The minimum absolute atomic E-state index is 0.580. The highest BCUT2D eigenvalue weighted by Crippen LogP contribution is 2.02. The Balaban J connectivity index is 2.95. The van der Waals surface area contributed by atoms with E-state index < -0.39 is 0 Å². The maximum absolute atomic E-state index is 5.53. The highest BCUT2D eigenvalue weighted by molar-refractivity contribution is 4.42. The molecule has 0 aromatic rings. The van der Waals surface area contributed by atoms with Crippen molar-refractivity contribution in [2.24, 2.45) is 0 Å². The zero-order valence-corrected chi connectivity index (χ0v) is 17.2. The third-order valence-corrected chi connectivity index (χ3v) is 3.60. The lowest BCUT2D eigenvalue weighted by Crippen LogP contribution is -2.14. The smallest absolute Gasteiger partial charge is 0.0701 e. The van der Waals surface area contributed by atoms with Crippen LogP contribution in [0.5, 0.6) is 0 Å². The number of rotatable bonds is 23. The molecule has 0 fully saturated rings. The Morgan fingerprint density at radius 2 is 0.654 bits per heavy atom. The van der Waals surface area contributed by atoms with Crippen molar-refractivity contribution in [2.45, 2.75) is 52.4 Å². The topological polar surface area (TPSA) is 55.4 Å². The van der Waals surface area contributed by atoms with Crippen molar-refractivity contribution in [1.82, 2.24) is 0 Å². The van der Waals surface area contributed by atoms with Gasteiger partial charge in [0.1, 0.15) is 0 Å². The van der Waals surface area contributed by atoms with E-state index in [1.807, 2.05) is 0 Å². The van der Waals surface area contributed by atoms with Gasteiger partial charge in [0.2, 0.25) is 0 Å². The lowest BCUT2D eigenvalue weighted by Gasteiger charge is -2.08. The van der Waals surface area contributed by atoms with Gasteiger partial charge in [-0.3, -0.25) is 0 Å². The minimum atomic E-state index is 0.580. The maximum atomic E-state index is 5.53. The van der Waals surface area contributed by atoms with Gasteiger partial charge in [0.15, 0.2) is 0 Å². The van der Waals surface area contributed by atoms with Crippen molar-refractivity contribution in [3.8, 4) is 0 Å². The van der Waals surface area contributed by atoms with Crippen LogP contribution in [0.3, 0.4) is 0 Å². The second kappa shape index (κ2) is 24.8. The van der Waals surface area contributed by atoms with Gasteiger partial charge in [-0.2, -0.15) is 0 Å². The molecular formula is C20H42O6. The molecule has 0 saturated carbocycles. The van der Waals surface area contributed by atoms with Crippen molar-refractivity contribution in [3.63, 3.8) is 0 Å². The Bertz CT molecular complexity index is 216. The molecule has 0 amide bonds. The van der Waals surface area contributed by atoms with E-state index in [2.05, 4.69) is 13.8 Å². The van der Waals surface area contributed by atoms with Gasteiger partial charge in [-0.05, 0) is 12.8 Å². The van der Waals surface area contributed by atoms with Crippen LogP contribution in [0.1, 0.15) is 52.4 Å². The van der Waals surface area contributed by atoms with Crippen molar-refractivity contribution < 1.29 is 28.4 Å². The highest BCUT2D eigenvalue weighted by atomic mass is 16.6. The third-order valence-electron chi connectivity index (χ3n) is 3.60. The van der Waals surface area contributed by atoms with Crippen LogP contribution in [0, 0.1) is 0 Å². The molecular weight excluding hydrogens is 336 g/mol. The van der Waals surface area contributed by atoms with E-state index in [0.29, 0.717) is 66.1 Å². The number of hydrogen-bond donors (Lipinski definition) is 0. The molecule has 0 atom stereocenters. The average molecular weight is 379 g/mol. The molecule has 158 valence electrons. The summed E-state index contributed by atoms with van der Waals surface area (Å²) in [7, 11) is 0. The van der Waals surface area contributed by atoms with E-state index in [1.54, 1.807) is 0 Å². The largest absolute Gasteiger partial charge is 0.379 e. The summed E-state index contributed by atoms with van der Waals surface area (Å²) in [6.07, 6.45) is 7.40. The summed E-state index contributed by atoms with van der Waals surface area (Å²) in [5.41, 5.74) is 0.